The molecule has 0 aromatic heterocycles. The van der Waals surface area contributed by atoms with Gasteiger partial charge in [-0.05, 0) is 13.8 Å². The first-order chi connectivity index (χ1) is 5.79. The van der Waals surface area contributed by atoms with Gasteiger partial charge in [-0.15, -0.1) is 0 Å². The van der Waals surface area contributed by atoms with E-state index in [9.17, 15) is 14.7 Å². The SMILES string of the molecule is CCC(=O)[C@@H](NC(C)=O)C(C)(C)O. The molecule has 0 fully saturated rings. The van der Waals surface area contributed by atoms with Crippen LogP contribution >= 0.6 is 0 Å². The van der Waals surface area contributed by atoms with Crippen LogP contribution in [0.4, 0.5) is 0 Å². The number of nitrogens with one attached hydrogen (secondary N) is 1. The molecule has 0 aliphatic carbocycles. The molecule has 0 bridgehead atoms. The van der Waals surface area contributed by atoms with Crippen LogP contribution < -0.4 is 5.32 Å². The Hall–Kier alpha value is -0.900. The van der Waals surface area contributed by atoms with E-state index in [0.717, 1.165) is 0 Å². The fourth-order valence-electron chi connectivity index (χ4n) is 1.06. The highest BCUT2D eigenvalue weighted by molar-refractivity contribution is 5.89. The van der Waals surface area contributed by atoms with Gasteiger partial charge in [0.05, 0.1) is 5.60 Å². The second-order valence-electron chi connectivity index (χ2n) is 3.61. The second kappa shape index (κ2) is 4.37. The van der Waals surface area contributed by atoms with Gasteiger partial charge >= 0.3 is 0 Å². The maximum atomic E-state index is 11.3. The van der Waals surface area contributed by atoms with Gasteiger partial charge in [0, 0.05) is 13.3 Å². The molecular weight excluding hydrogens is 170 g/mol. The van der Waals surface area contributed by atoms with Crippen molar-refractivity contribution in [3.63, 3.8) is 0 Å². The number of hydrogen-bond donors (Lipinski definition) is 2. The zero-order chi connectivity index (χ0) is 10.6. The lowest BCUT2D eigenvalue weighted by Gasteiger charge is -2.28. The molecule has 1 amide bonds. The summed E-state index contributed by atoms with van der Waals surface area (Å²) in [4.78, 5) is 22.1. The maximum absolute atomic E-state index is 11.3. The minimum Gasteiger partial charge on any atom is -0.388 e. The fourth-order valence-corrected chi connectivity index (χ4v) is 1.06. The van der Waals surface area contributed by atoms with Gasteiger partial charge in [0.25, 0.3) is 0 Å². The normalized spacial score (nSPS) is 13.6. The number of carbonyl (C=O) groups excluding carboxylic acids is 2. The molecule has 0 aliphatic rings. The molecule has 0 aliphatic heterocycles. The minimum atomic E-state index is -1.21. The molecule has 0 radical (unpaired) electrons. The highest BCUT2D eigenvalue weighted by Gasteiger charge is 2.32. The summed E-state index contributed by atoms with van der Waals surface area (Å²) in [5.74, 6) is -0.475. The zero-order valence-electron chi connectivity index (χ0n) is 8.55. The van der Waals surface area contributed by atoms with Crippen LogP contribution in [0.25, 0.3) is 0 Å². The van der Waals surface area contributed by atoms with Crippen LogP contribution in [-0.2, 0) is 9.59 Å². The van der Waals surface area contributed by atoms with Crippen molar-refractivity contribution in [2.45, 2.75) is 45.8 Å². The van der Waals surface area contributed by atoms with E-state index in [1.807, 2.05) is 0 Å². The lowest BCUT2D eigenvalue weighted by Crippen LogP contribution is -2.53. The molecule has 0 unspecified atom stereocenters. The number of ketones is 1. The Labute approximate surface area is 78.3 Å². The molecule has 0 spiro atoms. The largest absolute Gasteiger partial charge is 0.388 e. The van der Waals surface area contributed by atoms with Crippen LogP contribution in [0.15, 0.2) is 0 Å². The summed E-state index contributed by atoms with van der Waals surface area (Å²) in [5, 5.41) is 12.0. The van der Waals surface area contributed by atoms with E-state index in [1.165, 1.54) is 20.8 Å². The Morgan fingerprint density at radius 2 is 1.92 bits per heavy atom. The Morgan fingerprint density at radius 3 is 2.15 bits per heavy atom. The third-order valence-electron chi connectivity index (χ3n) is 1.72. The standard InChI is InChI=1S/C9H17NO3/c1-5-7(12)8(9(3,4)13)10-6(2)11/h8,13H,5H2,1-4H3,(H,10,11)/t8-/m1/s1. The maximum Gasteiger partial charge on any atom is 0.217 e. The van der Waals surface area contributed by atoms with Crippen LogP contribution in [0.1, 0.15) is 34.1 Å². The fraction of sp³-hybridized carbons (Fsp3) is 0.778. The number of aliphatic hydroxyl groups is 1. The highest BCUT2D eigenvalue weighted by Crippen LogP contribution is 2.10. The van der Waals surface area contributed by atoms with E-state index in [2.05, 4.69) is 5.32 Å². The van der Waals surface area contributed by atoms with Crippen LogP contribution in [0.2, 0.25) is 0 Å². The zero-order valence-corrected chi connectivity index (χ0v) is 8.55. The molecule has 0 heterocycles. The van der Waals surface area contributed by atoms with E-state index in [0.29, 0.717) is 6.42 Å². The molecule has 0 saturated carbocycles. The second-order valence-corrected chi connectivity index (χ2v) is 3.61. The molecule has 0 aromatic carbocycles. The highest BCUT2D eigenvalue weighted by atomic mass is 16.3. The number of amides is 1. The van der Waals surface area contributed by atoms with E-state index in [4.69, 9.17) is 0 Å². The van der Waals surface area contributed by atoms with Crippen molar-refractivity contribution >= 4 is 11.7 Å². The van der Waals surface area contributed by atoms with Crippen molar-refractivity contribution in [2.75, 3.05) is 0 Å². The lowest BCUT2D eigenvalue weighted by molar-refractivity contribution is -0.132. The van der Waals surface area contributed by atoms with E-state index in [1.54, 1.807) is 6.92 Å². The molecule has 0 aromatic rings. The van der Waals surface area contributed by atoms with Crippen LogP contribution in [0, 0.1) is 0 Å². The van der Waals surface area contributed by atoms with Crippen molar-refractivity contribution in [1.82, 2.24) is 5.32 Å². The van der Waals surface area contributed by atoms with E-state index in [-0.39, 0.29) is 11.7 Å². The summed E-state index contributed by atoms with van der Waals surface area (Å²) in [6.45, 7) is 6.02. The van der Waals surface area contributed by atoms with Crippen molar-refractivity contribution in [3.8, 4) is 0 Å². The first-order valence-electron chi connectivity index (χ1n) is 4.31. The third kappa shape index (κ3) is 4.03. The Morgan fingerprint density at radius 1 is 1.46 bits per heavy atom. The molecule has 4 heteroatoms. The van der Waals surface area contributed by atoms with Gasteiger partial charge in [-0.1, -0.05) is 6.92 Å². The van der Waals surface area contributed by atoms with E-state index >= 15 is 0 Å². The van der Waals surface area contributed by atoms with Gasteiger partial charge in [0.1, 0.15) is 6.04 Å². The molecule has 0 rings (SSSR count). The summed E-state index contributed by atoms with van der Waals surface area (Å²) in [6.07, 6.45) is 0.301. The average Bonchev–Trinajstić information content (AvgIpc) is 1.96. The Balaban J connectivity index is 4.56. The van der Waals surface area contributed by atoms with Crippen molar-refractivity contribution < 1.29 is 14.7 Å². The number of hydrogen-bond acceptors (Lipinski definition) is 3. The van der Waals surface area contributed by atoms with Crippen LogP contribution in [0.5, 0.6) is 0 Å². The molecule has 2 N–H and O–H groups in total. The van der Waals surface area contributed by atoms with E-state index < -0.39 is 11.6 Å². The number of carbonyl (C=O) groups is 2. The predicted molar refractivity (Wildman–Crippen MR) is 49.2 cm³/mol. The number of rotatable bonds is 4. The smallest absolute Gasteiger partial charge is 0.217 e. The molecule has 0 saturated heterocycles. The first kappa shape index (κ1) is 12.1. The van der Waals surface area contributed by atoms with Gasteiger partial charge in [-0.3, -0.25) is 9.59 Å². The topological polar surface area (TPSA) is 66.4 Å². The summed E-state index contributed by atoms with van der Waals surface area (Å²) in [7, 11) is 0. The Kier molecular flexibility index (Phi) is 4.07. The van der Waals surface area contributed by atoms with Crippen molar-refractivity contribution in [1.29, 1.82) is 0 Å². The number of Topliss-reactive ketones (excluding diaryl/α,β-unsaturated/α-hetero) is 1. The Bertz CT molecular complexity index is 205. The minimum absolute atomic E-state index is 0.164. The van der Waals surface area contributed by atoms with Crippen molar-refractivity contribution in [2.24, 2.45) is 0 Å². The molecule has 1 atom stereocenters. The molecule has 13 heavy (non-hydrogen) atoms. The lowest BCUT2D eigenvalue weighted by atomic mass is 9.94. The van der Waals surface area contributed by atoms with Gasteiger partial charge in [-0.25, -0.2) is 0 Å². The van der Waals surface area contributed by atoms with Gasteiger partial charge in [-0.2, -0.15) is 0 Å². The summed E-state index contributed by atoms with van der Waals surface area (Å²) in [6, 6.07) is -0.810. The van der Waals surface area contributed by atoms with Crippen LogP contribution in [-0.4, -0.2) is 28.4 Å². The van der Waals surface area contributed by atoms with Crippen molar-refractivity contribution in [3.05, 3.63) is 0 Å². The van der Waals surface area contributed by atoms with Gasteiger partial charge in [0.15, 0.2) is 5.78 Å². The molecular formula is C9H17NO3. The average molecular weight is 187 g/mol. The van der Waals surface area contributed by atoms with Gasteiger partial charge in [0.2, 0.25) is 5.91 Å². The summed E-state index contributed by atoms with van der Waals surface area (Å²) < 4.78 is 0. The third-order valence-corrected chi connectivity index (χ3v) is 1.72. The molecule has 76 valence electrons. The van der Waals surface area contributed by atoms with Gasteiger partial charge < -0.3 is 10.4 Å². The predicted octanol–water partition coefficient (Wildman–Crippen LogP) is 0.241. The summed E-state index contributed by atoms with van der Waals surface area (Å²) >= 11 is 0. The first-order valence-corrected chi connectivity index (χ1v) is 4.31. The monoisotopic (exact) mass is 187 g/mol. The summed E-state index contributed by atoms with van der Waals surface area (Å²) in [5.41, 5.74) is -1.21. The van der Waals surface area contributed by atoms with Crippen LogP contribution in [0.3, 0.4) is 0 Å². The quantitative estimate of drug-likeness (QED) is 0.662. The molecule has 4 nitrogen and oxygen atoms in total.